The Kier molecular flexibility index (Phi) is 8.75. The topological polar surface area (TPSA) is 116 Å². The van der Waals surface area contributed by atoms with E-state index in [9.17, 15) is 4.79 Å². The lowest BCUT2D eigenvalue weighted by Gasteiger charge is -2.61. The van der Waals surface area contributed by atoms with Gasteiger partial charge < -0.3 is 23.8 Å². The Balaban J connectivity index is 1.13. The van der Waals surface area contributed by atoms with Gasteiger partial charge in [-0.15, -0.1) is 0 Å². The third-order valence-electron chi connectivity index (χ3n) is 14.5. The van der Waals surface area contributed by atoms with Crippen molar-refractivity contribution >= 4 is 11.8 Å². The van der Waals surface area contributed by atoms with E-state index in [2.05, 4.69) is 32.9 Å². The Morgan fingerprint density at radius 1 is 0.714 bits per heavy atom. The lowest BCUT2D eigenvalue weighted by Crippen LogP contribution is -2.71. The van der Waals surface area contributed by atoms with Crippen LogP contribution >= 0.6 is 0 Å². The van der Waals surface area contributed by atoms with E-state index in [1.54, 1.807) is 4.90 Å². The average molecular weight is 691 g/mol. The molecule has 0 aromatic carbocycles. The molecule has 8 aliphatic heterocycles. The van der Waals surface area contributed by atoms with Crippen molar-refractivity contribution in [3.05, 3.63) is 0 Å². The summed E-state index contributed by atoms with van der Waals surface area (Å²) in [5.74, 6) is 0.0373. The molecule has 10 rings (SSSR count). The van der Waals surface area contributed by atoms with Crippen molar-refractivity contribution in [1.29, 1.82) is 0 Å². The number of fused-ring (bicyclic) bond motifs is 4. The van der Waals surface area contributed by atoms with Crippen LogP contribution in [0, 0.1) is 47.3 Å². The van der Waals surface area contributed by atoms with Gasteiger partial charge in [0.05, 0.1) is 11.8 Å². The molecule has 49 heavy (non-hydrogen) atoms. The van der Waals surface area contributed by atoms with Crippen LogP contribution in [-0.4, -0.2) is 77.4 Å². The number of rotatable bonds is 6. The first-order valence-corrected chi connectivity index (χ1v) is 19.3. The molecule has 12 heteroatoms. The van der Waals surface area contributed by atoms with Crippen LogP contribution in [0.15, 0.2) is 5.16 Å². The summed E-state index contributed by atoms with van der Waals surface area (Å²) in [4.78, 5) is 45.5. The van der Waals surface area contributed by atoms with Crippen molar-refractivity contribution < 1.29 is 48.1 Å². The second-order valence-electron chi connectivity index (χ2n) is 17.1. The van der Waals surface area contributed by atoms with Crippen molar-refractivity contribution in [2.75, 3.05) is 13.1 Å². The first-order valence-electron chi connectivity index (χ1n) is 19.3. The lowest BCUT2D eigenvalue weighted by molar-refractivity contribution is -0.571. The van der Waals surface area contributed by atoms with E-state index in [4.69, 9.17) is 43.3 Å². The smallest absolute Gasteiger partial charge is 0.345 e. The number of ether oxygens (including phenoxy) is 4. The van der Waals surface area contributed by atoms with E-state index in [1.165, 1.54) is 0 Å². The van der Waals surface area contributed by atoms with Crippen LogP contribution in [0.5, 0.6) is 0 Å². The summed E-state index contributed by atoms with van der Waals surface area (Å²) < 4.78 is 27.4. The van der Waals surface area contributed by atoms with Gasteiger partial charge in [0.1, 0.15) is 6.10 Å². The highest BCUT2D eigenvalue weighted by atomic mass is 17.3. The van der Waals surface area contributed by atoms with Gasteiger partial charge in [-0.05, 0) is 102 Å². The molecule has 16 atom stereocenters. The van der Waals surface area contributed by atoms with E-state index < -0.39 is 47.6 Å². The van der Waals surface area contributed by atoms with Gasteiger partial charge in [-0.1, -0.05) is 32.9 Å². The molecule has 2 spiro atoms. The first-order chi connectivity index (χ1) is 23.4. The number of amides is 1. The maximum atomic E-state index is 13.2. The Labute approximate surface area is 290 Å². The maximum Gasteiger partial charge on any atom is 0.435 e. The van der Waals surface area contributed by atoms with E-state index in [0.717, 1.165) is 51.4 Å². The second-order valence-corrected chi connectivity index (χ2v) is 17.1. The molecule has 2 saturated carbocycles. The summed E-state index contributed by atoms with van der Waals surface area (Å²) in [5, 5.41) is 4.67. The molecule has 4 bridgehead atoms. The number of carbonyl (C=O) groups is 1. The van der Waals surface area contributed by atoms with Crippen LogP contribution in [0.3, 0.4) is 0 Å². The molecular weight excluding hydrogens is 632 g/mol. The van der Waals surface area contributed by atoms with E-state index >= 15 is 0 Å². The molecule has 0 unspecified atom stereocenters. The predicted octanol–water partition coefficient (Wildman–Crippen LogP) is 6.71. The van der Waals surface area contributed by atoms with E-state index in [0.29, 0.717) is 37.1 Å². The van der Waals surface area contributed by atoms with Crippen molar-refractivity contribution in [2.45, 2.75) is 161 Å². The highest BCUT2D eigenvalue weighted by molar-refractivity contribution is 5.90. The summed E-state index contributed by atoms with van der Waals surface area (Å²) in [6.07, 6.45) is 5.53. The molecule has 276 valence electrons. The Hall–Kier alpha value is -1.38. The number of hydrogen-bond donors (Lipinski definition) is 0. The predicted molar refractivity (Wildman–Crippen MR) is 175 cm³/mol. The van der Waals surface area contributed by atoms with Gasteiger partial charge in [0.2, 0.25) is 11.6 Å². The quantitative estimate of drug-likeness (QED) is 0.129. The Bertz CT molecular complexity index is 1310. The van der Waals surface area contributed by atoms with Crippen molar-refractivity contribution in [3.63, 3.8) is 0 Å². The average Bonchev–Trinajstić information content (AvgIpc) is 3.45. The molecule has 2 aliphatic carbocycles. The molecular formula is C37H58N2O10. The van der Waals surface area contributed by atoms with Gasteiger partial charge in [0.15, 0.2) is 23.8 Å². The van der Waals surface area contributed by atoms with Gasteiger partial charge in [0.25, 0.3) is 0 Å². The molecule has 12 nitrogen and oxygen atoms in total. The number of oxime groups is 1. The summed E-state index contributed by atoms with van der Waals surface area (Å²) in [7, 11) is 0. The zero-order valence-corrected chi connectivity index (χ0v) is 30.7. The van der Waals surface area contributed by atoms with E-state index in [-0.39, 0.29) is 41.6 Å². The van der Waals surface area contributed by atoms with E-state index in [1.807, 2.05) is 27.7 Å². The molecule has 8 saturated heterocycles. The summed E-state index contributed by atoms with van der Waals surface area (Å²) in [6.45, 7) is 17.9. The molecule has 8 heterocycles. The number of carbonyl (C=O) groups excluding carboxylic acids is 1. The van der Waals surface area contributed by atoms with Crippen molar-refractivity contribution in [2.24, 2.45) is 52.5 Å². The van der Waals surface area contributed by atoms with Crippen LogP contribution in [-0.2, 0) is 43.3 Å². The summed E-state index contributed by atoms with van der Waals surface area (Å²) in [5.41, 5.74) is -0.726. The molecule has 0 radical (unpaired) electrons. The molecule has 1 amide bonds. The second kappa shape index (κ2) is 12.4. The summed E-state index contributed by atoms with van der Waals surface area (Å²) in [6, 6.07) is 0. The van der Waals surface area contributed by atoms with Crippen LogP contribution < -0.4 is 0 Å². The fourth-order valence-corrected chi connectivity index (χ4v) is 11.5. The Morgan fingerprint density at radius 3 is 1.80 bits per heavy atom. The van der Waals surface area contributed by atoms with Gasteiger partial charge in [-0.2, -0.15) is 0 Å². The normalized spacial score (nSPS) is 53.2. The minimum absolute atomic E-state index is 0.0160. The number of hydrogen-bond acceptors (Lipinski definition) is 11. The minimum atomic E-state index is -0.895. The van der Waals surface area contributed by atoms with Crippen molar-refractivity contribution in [3.8, 4) is 0 Å². The third kappa shape index (κ3) is 5.20. The molecule has 0 aromatic heterocycles. The SMILES string of the molecule is CCN(CC)C(=O)O/N=C(/C[C@H]1O[C@@H]2O[C@]3(C)CC[C@H]4[C@H](C)CC[C@@H]([C@H]1C)[C@@]24OO3)[C@H]1O[C@@H]2O[C@]3(C)CC[C@H]4[C@H](C)CC[C@@H]([C@H]1C)[C@@]24OO3. The van der Waals surface area contributed by atoms with Crippen molar-refractivity contribution in [1.82, 2.24) is 4.90 Å². The molecule has 0 aromatic rings. The van der Waals surface area contributed by atoms with Crippen LogP contribution in [0.1, 0.15) is 113 Å². The minimum Gasteiger partial charge on any atom is -0.345 e. The lowest BCUT2D eigenvalue weighted by atomic mass is 9.56. The monoisotopic (exact) mass is 690 g/mol. The molecule has 10 fully saturated rings. The maximum absolute atomic E-state index is 13.2. The third-order valence-corrected chi connectivity index (χ3v) is 14.5. The van der Waals surface area contributed by atoms with Crippen LogP contribution in [0.4, 0.5) is 4.79 Å². The van der Waals surface area contributed by atoms with Crippen LogP contribution in [0.25, 0.3) is 0 Å². The molecule has 10 aliphatic rings. The van der Waals surface area contributed by atoms with Gasteiger partial charge in [0, 0.05) is 44.2 Å². The molecule has 0 N–H and O–H groups in total. The fraction of sp³-hybridized carbons (Fsp3) is 0.946. The van der Waals surface area contributed by atoms with Gasteiger partial charge in [-0.25, -0.2) is 24.3 Å². The fourth-order valence-electron chi connectivity index (χ4n) is 11.5. The van der Waals surface area contributed by atoms with Gasteiger partial charge >= 0.3 is 6.09 Å². The van der Waals surface area contributed by atoms with Gasteiger partial charge in [-0.3, -0.25) is 4.84 Å². The highest BCUT2D eigenvalue weighted by Gasteiger charge is 2.71. The Morgan fingerprint density at radius 2 is 1.24 bits per heavy atom. The zero-order chi connectivity index (χ0) is 34.5. The summed E-state index contributed by atoms with van der Waals surface area (Å²) >= 11 is 0. The largest absolute Gasteiger partial charge is 0.435 e. The highest BCUT2D eigenvalue weighted by Crippen LogP contribution is 2.63. The number of nitrogens with zero attached hydrogens (tertiary/aromatic N) is 2. The zero-order valence-electron chi connectivity index (χ0n) is 30.7. The van der Waals surface area contributed by atoms with Crippen LogP contribution in [0.2, 0.25) is 0 Å². The standard InChI is InChI=1S/C37H58N2O10/c1-9-39(10-2)33(40)45-38-28(30-23(6)27-14-12-21(4)25-16-18-35(8)44-32(42-30)37(25,27)49-47-35)19-29-22(5)26-13-11-20(3)24-15-17-34(7)43-31(41-29)36(24,26)48-46-34/h20-27,29-32H,9-19H2,1-8H3/b38-28-/t20-,21-,22-,23-,24+,25+,26+,27+,29-,30+,31-,32-,34+,35+,36-,37-/m1/s1. The first kappa shape index (κ1) is 34.7.